The molecular formula is C11H23N3O. The van der Waals surface area contributed by atoms with Crippen molar-refractivity contribution in [3.05, 3.63) is 0 Å². The van der Waals surface area contributed by atoms with Gasteiger partial charge in [-0.05, 0) is 38.1 Å². The highest BCUT2D eigenvalue weighted by molar-refractivity contribution is 5.73. The van der Waals surface area contributed by atoms with Crippen molar-refractivity contribution in [3.8, 4) is 0 Å². The molecule has 0 aromatic rings. The van der Waals surface area contributed by atoms with Gasteiger partial charge in [-0.25, -0.2) is 4.79 Å². The Hall–Kier alpha value is -0.770. The Labute approximate surface area is 92.4 Å². The van der Waals surface area contributed by atoms with Crippen molar-refractivity contribution >= 4 is 6.03 Å². The van der Waals surface area contributed by atoms with E-state index in [4.69, 9.17) is 5.73 Å². The molecule has 0 aromatic carbocycles. The van der Waals surface area contributed by atoms with E-state index in [-0.39, 0.29) is 6.03 Å². The smallest absolute Gasteiger partial charge is 0.319 e. The molecule has 1 unspecified atom stereocenters. The van der Waals surface area contributed by atoms with Gasteiger partial charge in [0.2, 0.25) is 0 Å². The van der Waals surface area contributed by atoms with Crippen LogP contribution >= 0.6 is 0 Å². The molecule has 0 spiro atoms. The molecule has 1 aliphatic heterocycles. The number of amides is 2. The maximum atomic E-state index is 11.7. The highest BCUT2D eigenvalue weighted by Gasteiger charge is 2.23. The van der Waals surface area contributed by atoms with Crippen LogP contribution in [0.15, 0.2) is 0 Å². The molecule has 1 fully saturated rings. The molecule has 2 amide bonds. The molecule has 1 saturated heterocycles. The van der Waals surface area contributed by atoms with E-state index in [0.717, 1.165) is 38.9 Å². The summed E-state index contributed by atoms with van der Waals surface area (Å²) >= 11 is 0. The van der Waals surface area contributed by atoms with Crippen LogP contribution in [0.25, 0.3) is 0 Å². The van der Waals surface area contributed by atoms with Gasteiger partial charge in [0, 0.05) is 27.2 Å². The van der Waals surface area contributed by atoms with Crippen molar-refractivity contribution in [2.75, 3.05) is 33.7 Å². The van der Waals surface area contributed by atoms with Gasteiger partial charge in [-0.2, -0.15) is 0 Å². The van der Waals surface area contributed by atoms with Gasteiger partial charge in [0.25, 0.3) is 0 Å². The zero-order valence-corrected chi connectivity index (χ0v) is 9.91. The summed E-state index contributed by atoms with van der Waals surface area (Å²) in [4.78, 5) is 15.4. The lowest BCUT2D eigenvalue weighted by Gasteiger charge is -2.34. The maximum Gasteiger partial charge on any atom is 0.319 e. The van der Waals surface area contributed by atoms with Crippen molar-refractivity contribution in [1.29, 1.82) is 0 Å². The predicted molar refractivity (Wildman–Crippen MR) is 61.7 cm³/mol. The first-order valence-electron chi connectivity index (χ1n) is 5.81. The average Bonchev–Trinajstić information content (AvgIpc) is 2.25. The average molecular weight is 213 g/mol. The Morgan fingerprint density at radius 3 is 2.87 bits per heavy atom. The van der Waals surface area contributed by atoms with Gasteiger partial charge < -0.3 is 15.5 Å². The van der Waals surface area contributed by atoms with Gasteiger partial charge in [0.1, 0.15) is 0 Å². The number of hydrogen-bond donors (Lipinski definition) is 1. The second-order valence-electron chi connectivity index (χ2n) is 4.56. The molecule has 1 rings (SSSR count). The van der Waals surface area contributed by atoms with Crippen LogP contribution in [0.5, 0.6) is 0 Å². The van der Waals surface area contributed by atoms with Crippen LogP contribution in [0.1, 0.15) is 25.7 Å². The standard InChI is InChI=1S/C11H23N3O/c1-13(2)11(15)14-8-4-6-10(9-14)5-3-7-12/h10H,3-9,12H2,1-2H3. The van der Waals surface area contributed by atoms with Crippen LogP contribution in [-0.4, -0.2) is 49.6 Å². The molecule has 0 radical (unpaired) electrons. The summed E-state index contributed by atoms with van der Waals surface area (Å²) in [6.45, 7) is 2.59. The first-order valence-corrected chi connectivity index (χ1v) is 5.81. The predicted octanol–water partition coefficient (Wildman–Crippen LogP) is 1.12. The fourth-order valence-corrected chi connectivity index (χ4v) is 2.16. The summed E-state index contributed by atoms with van der Waals surface area (Å²) < 4.78 is 0. The minimum Gasteiger partial charge on any atom is -0.331 e. The lowest BCUT2D eigenvalue weighted by atomic mass is 9.93. The van der Waals surface area contributed by atoms with Crippen molar-refractivity contribution in [1.82, 2.24) is 9.80 Å². The van der Waals surface area contributed by atoms with E-state index in [9.17, 15) is 4.79 Å². The molecule has 4 nitrogen and oxygen atoms in total. The molecule has 2 N–H and O–H groups in total. The van der Waals surface area contributed by atoms with Crippen LogP contribution in [0.4, 0.5) is 4.79 Å². The van der Waals surface area contributed by atoms with Crippen LogP contribution in [0.3, 0.4) is 0 Å². The monoisotopic (exact) mass is 213 g/mol. The number of piperidine rings is 1. The summed E-state index contributed by atoms with van der Waals surface area (Å²) in [5.74, 6) is 0.659. The highest BCUT2D eigenvalue weighted by Crippen LogP contribution is 2.21. The van der Waals surface area contributed by atoms with Gasteiger partial charge in [-0.15, -0.1) is 0 Å². The van der Waals surface area contributed by atoms with Gasteiger partial charge >= 0.3 is 6.03 Å². The second-order valence-corrected chi connectivity index (χ2v) is 4.56. The Kier molecular flexibility index (Phi) is 4.88. The van der Waals surface area contributed by atoms with Crippen LogP contribution in [0, 0.1) is 5.92 Å². The third-order valence-corrected chi connectivity index (χ3v) is 2.99. The van der Waals surface area contributed by atoms with Crippen molar-refractivity contribution < 1.29 is 4.79 Å². The Balaban J connectivity index is 2.38. The number of carbonyl (C=O) groups is 1. The summed E-state index contributed by atoms with van der Waals surface area (Å²) in [5.41, 5.74) is 5.50. The first-order chi connectivity index (χ1) is 7.15. The first kappa shape index (κ1) is 12.3. The largest absolute Gasteiger partial charge is 0.331 e. The highest BCUT2D eigenvalue weighted by atomic mass is 16.2. The number of nitrogens with zero attached hydrogens (tertiary/aromatic N) is 2. The molecule has 88 valence electrons. The molecule has 4 heteroatoms. The normalized spacial score (nSPS) is 21.5. The number of carbonyl (C=O) groups excluding carboxylic acids is 1. The minimum absolute atomic E-state index is 0.146. The van der Waals surface area contributed by atoms with E-state index in [2.05, 4.69) is 0 Å². The topological polar surface area (TPSA) is 49.6 Å². The summed E-state index contributed by atoms with van der Waals surface area (Å²) in [6, 6.07) is 0.146. The number of urea groups is 1. The number of rotatable bonds is 3. The van der Waals surface area contributed by atoms with Gasteiger partial charge in [-0.1, -0.05) is 0 Å². The Morgan fingerprint density at radius 2 is 2.27 bits per heavy atom. The number of nitrogens with two attached hydrogens (primary N) is 1. The molecule has 1 aliphatic rings. The SMILES string of the molecule is CN(C)C(=O)N1CCCC(CCCN)C1. The molecule has 0 aliphatic carbocycles. The van der Waals surface area contributed by atoms with Gasteiger partial charge in [0.15, 0.2) is 0 Å². The molecular weight excluding hydrogens is 190 g/mol. The molecule has 0 bridgehead atoms. The lowest BCUT2D eigenvalue weighted by Crippen LogP contribution is -2.45. The fraction of sp³-hybridized carbons (Fsp3) is 0.909. The zero-order chi connectivity index (χ0) is 11.3. The van der Waals surface area contributed by atoms with Crippen LogP contribution in [0.2, 0.25) is 0 Å². The van der Waals surface area contributed by atoms with Crippen LogP contribution in [-0.2, 0) is 0 Å². The molecule has 0 aromatic heterocycles. The van der Waals surface area contributed by atoms with Gasteiger partial charge in [-0.3, -0.25) is 0 Å². The maximum absolute atomic E-state index is 11.7. The van der Waals surface area contributed by atoms with Gasteiger partial charge in [0.05, 0.1) is 0 Å². The van der Waals surface area contributed by atoms with Crippen molar-refractivity contribution in [3.63, 3.8) is 0 Å². The molecule has 1 heterocycles. The van der Waals surface area contributed by atoms with Crippen molar-refractivity contribution in [2.24, 2.45) is 11.7 Å². The van der Waals surface area contributed by atoms with E-state index in [1.807, 2.05) is 19.0 Å². The van der Waals surface area contributed by atoms with Crippen LogP contribution < -0.4 is 5.73 Å². The van der Waals surface area contributed by atoms with E-state index < -0.39 is 0 Å². The Bertz CT molecular complexity index is 206. The number of likely N-dealkylation sites (tertiary alicyclic amines) is 1. The lowest BCUT2D eigenvalue weighted by molar-refractivity contribution is 0.140. The fourth-order valence-electron chi connectivity index (χ4n) is 2.16. The summed E-state index contributed by atoms with van der Waals surface area (Å²) in [5, 5.41) is 0. The summed E-state index contributed by atoms with van der Waals surface area (Å²) in [7, 11) is 3.62. The molecule has 1 atom stereocenters. The summed E-state index contributed by atoms with van der Waals surface area (Å²) in [6.07, 6.45) is 4.62. The van der Waals surface area contributed by atoms with E-state index in [1.165, 1.54) is 6.42 Å². The quantitative estimate of drug-likeness (QED) is 0.763. The van der Waals surface area contributed by atoms with E-state index in [0.29, 0.717) is 5.92 Å². The molecule has 0 saturated carbocycles. The third kappa shape index (κ3) is 3.70. The van der Waals surface area contributed by atoms with Crippen molar-refractivity contribution in [2.45, 2.75) is 25.7 Å². The second kappa shape index (κ2) is 5.95. The van der Waals surface area contributed by atoms with E-state index in [1.54, 1.807) is 4.90 Å². The molecule has 15 heavy (non-hydrogen) atoms. The van der Waals surface area contributed by atoms with E-state index >= 15 is 0 Å². The third-order valence-electron chi connectivity index (χ3n) is 2.99. The zero-order valence-electron chi connectivity index (χ0n) is 9.91. The minimum atomic E-state index is 0.146. The Morgan fingerprint density at radius 1 is 1.53 bits per heavy atom. The number of hydrogen-bond acceptors (Lipinski definition) is 2.